The molecule has 0 aliphatic heterocycles. The lowest BCUT2D eigenvalue weighted by atomic mass is 9.98. The van der Waals surface area contributed by atoms with Crippen molar-refractivity contribution in [3.8, 4) is 0 Å². The second-order valence-electron chi connectivity index (χ2n) is 4.38. The zero-order chi connectivity index (χ0) is 12.4. The highest BCUT2D eigenvalue weighted by atomic mass is 16.3. The molecular formula is C14H18N2O. The van der Waals surface area contributed by atoms with Crippen LogP contribution < -0.4 is 11.3 Å². The van der Waals surface area contributed by atoms with Gasteiger partial charge in [-0.3, -0.25) is 5.84 Å². The van der Waals surface area contributed by atoms with Crippen molar-refractivity contribution in [2.45, 2.75) is 26.8 Å². The highest BCUT2D eigenvalue weighted by Crippen LogP contribution is 2.27. The summed E-state index contributed by atoms with van der Waals surface area (Å²) in [4.78, 5) is 0. The van der Waals surface area contributed by atoms with Gasteiger partial charge in [-0.15, -0.1) is 0 Å². The lowest BCUT2D eigenvalue weighted by Crippen LogP contribution is -2.29. The van der Waals surface area contributed by atoms with Gasteiger partial charge in [0.25, 0.3) is 0 Å². The number of hydrazine groups is 1. The molecule has 0 radical (unpaired) electrons. The molecule has 17 heavy (non-hydrogen) atoms. The second-order valence-corrected chi connectivity index (χ2v) is 4.38. The quantitative estimate of drug-likeness (QED) is 0.629. The van der Waals surface area contributed by atoms with Gasteiger partial charge in [0, 0.05) is 5.56 Å². The average molecular weight is 230 g/mol. The third kappa shape index (κ3) is 2.40. The molecule has 1 atom stereocenters. The Morgan fingerprint density at radius 3 is 2.47 bits per heavy atom. The molecule has 2 rings (SSSR count). The molecule has 0 spiro atoms. The fraction of sp³-hybridized carbons (Fsp3) is 0.286. The molecule has 0 fully saturated rings. The third-order valence-corrected chi connectivity index (χ3v) is 2.93. The summed E-state index contributed by atoms with van der Waals surface area (Å²) in [5.74, 6) is 7.49. The van der Waals surface area contributed by atoms with E-state index in [9.17, 15) is 0 Å². The zero-order valence-corrected chi connectivity index (χ0v) is 10.4. The van der Waals surface area contributed by atoms with Crippen molar-refractivity contribution in [2.24, 2.45) is 5.84 Å². The van der Waals surface area contributed by atoms with Crippen LogP contribution in [0.2, 0.25) is 0 Å². The first-order valence-corrected chi connectivity index (χ1v) is 5.71. The minimum absolute atomic E-state index is 0.0210. The van der Waals surface area contributed by atoms with Crippen molar-refractivity contribution >= 4 is 0 Å². The number of rotatable bonds is 3. The molecule has 0 amide bonds. The predicted molar refractivity (Wildman–Crippen MR) is 68.5 cm³/mol. The standard InChI is InChI=1S/C14H18N2O/c1-9-5-4-6-12(7-9)14(16-15)13-8-10(2)17-11(13)3/h4-8,14,16H,15H2,1-3H3. The second kappa shape index (κ2) is 4.73. The number of benzene rings is 1. The summed E-state index contributed by atoms with van der Waals surface area (Å²) in [6.45, 7) is 5.98. The minimum Gasteiger partial charge on any atom is -0.466 e. The van der Waals surface area contributed by atoms with Gasteiger partial charge in [0.05, 0.1) is 6.04 Å². The Morgan fingerprint density at radius 2 is 1.94 bits per heavy atom. The molecule has 1 aromatic heterocycles. The lowest BCUT2D eigenvalue weighted by molar-refractivity contribution is 0.495. The van der Waals surface area contributed by atoms with Gasteiger partial charge < -0.3 is 4.42 Å². The van der Waals surface area contributed by atoms with Crippen LogP contribution in [0.15, 0.2) is 34.7 Å². The maximum absolute atomic E-state index is 5.67. The summed E-state index contributed by atoms with van der Waals surface area (Å²) in [7, 11) is 0. The smallest absolute Gasteiger partial charge is 0.106 e. The normalized spacial score (nSPS) is 12.7. The van der Waals surface area contributed by atoms with Crippen molar-refractivity contribution in [1.82, 2.24) is 5.43 Å². The molecular weight excluding hydrogens is 212 g/mol. The number of nitrogens with one attached hydrogen (secondary N) is 1. The van der Waals surface area contributed by atoms with Crippen molar-refractivity contribution in [3.05, 3.63) is 58.5 Å². The third-order valence-electron chi connectivity index (χ3n) is 2.93. The molecule has 3 heteroatoms. The first-order valence-electron chi connectivity index (χ1n) is 5.71. The first-order chi connectivity index (χ1) is 8.11. The van der Waals surface area contributed by atoms with Gasteiger partial charge in [-0.1, -0.05) is 29.8 Å². The summed E-state index contributed by atoms with van der Waals surface area (Å²) in [5, 5.41) is 0. The highest BCUT2D eigenvalue weighted by molar-refractivity contribution is 5.35. The Kier molecular flexibility index (Phi) is 3.31. The van der Waals surface area contributed by atoms with Crippen LogP contribution in [0.3, 0.4) is 0 Å². The SMILES string of the molecule is Cc1cccc(C(NN)c2cc(C)oc2C)c1. The van der Waals surface area contributed by atoms with Crippen molar-refractivity contribution in [3.63, 3.8) is 0 Å². The molecule has 0 bridgehead atoms. The molecule has 1 aromatic carbocycles. The average Bonchev–Trinajstić information content (AvgIpc) is 2.59. The summed E-state index contributed by atoms with van der Waals surface area (Å²) in [5.41, 5.74) is 6.32. The van der Waals surface area contributed by atoms with Crippen molar-refractivity contribution in [2.75, 3.05) is 0 Å². The van der Waals surface area contributed by atoms with Gasteiger partial charge in [0.15, 0.2) is 0 Å². The number of nitrogens with two attached hydrogens (primary N) is 1. The molecule has 0 aliphatic carbocycles. The van der Waals surface area contributed by atoms with Gasteiger partial charge in [-0.05, 0) is 32.4 Å². The molecule has 3 N–H and O–H groups in total. The van der Waals surface area contributed by atoms with Gasteiger partial charge in [0.1, 0.15) is 11.5 Å². The minimum atomic E-state index is -0.0210. The Labute approximate surface area is 102 Å². The van der Waals surface area contributed by atoms with Gasteiger partial charge >= 0.3 is 0 Å². The van der Waals surface area contributed by atoms with E-state index in [0.717, 1.165) is 22.6 Å². The lowest BCUT2D eigenvalue weighted by Gasteiger charge is -2.16. The number of aryl methyl sites for hydroxylation is 3. The van der Waals surface area contributed by atoms with Crippen LogP contribution in [-0.4, -0.2) is 0 Å². The zero-order valence-electron chi connectivity index (χ0n) is 10.4. The van der Waals surface area contributed by atoms with Crippen molar-refractivity contribution < 1.29 is 4.42 Å². The van der Waals surface area contributed by atoms with Crippen LogP contribution in [0.25, 0.3) is 0 Å². The molecule has 2 aromatic rings. The molecule has 0 saturated carbocycles. The molecule has 90 valence electrons. The molecule has 1 unspecified atom stereocenters. The Balaban J connectivity index is 2.43. The topological polar surface area (TPSA) is 51.2 Å². The van der Waals surface area contributed by atoms with Crippen LogP contribution in [0.5, 0.6) is 0 Å². The fourth-order valence-electron chi connectivity index (χ4n) is 2.15. The maximum atomic E-state index is 5.67. The Morgan fingerprint density at radius 1 is 1.18 bits per heavy atom. The Bertz CT molecular complexity index is 517. The van der Waals surface area contributed by atoms with Gasteiger partial charge in [-0.25, -0.2) is 5.43 Å². The van der Waals surface area contributed by atoms with E-state index in [1.165, 1.54) is 5.56 Å². The van der Waals surface area contributed by atoms with Crippen LogP contribution in [0, 0.1) is 20.8 Å². The van der Waals surface area contributed by atoms with E-state index < -0.39 is 0 Å². The summed E-state index contributed by atoms with van der Waals surface area (Å²) < 4.78 is 5.55. The Hall–Kier alpha value is -1.58. The largest absolute Gasteiger partial charge is 0.466 e. The summed E-state index contributed by atoms with van der Waals surface area (Å²) in [6, 6.07) is 10.3. The predicted octanol–water partition coefficient (Wildman–Crippen LogP) is 2.76. The summed E-state index contributed by atoms with van der Waals surface area (Å²) >= 11 is 0. The van der Waals surface area contributed by atoms with Gasteiger partial charge in [-0.2, -0.15) is 0 Å². The first kappa shape index (κ1) is 11.9. The molecule has 0 aliphatic rings. The highest BCUT2D eigenvalue weighted by Gasteiger charge is 2.17. The van der Waals surface area contributed by atoms with E-state index in [-0.39, 0.29) is 6.04 Å². The van der Waals surface area contributed by atoms with E-state index in [1.54, 1.807) is 0 Å². The van der Waals surface area contributed by atoms with Crippen molar-refractivity contribution in [1.29, 1.82) is 0 Å². The molecule has 3 nitrogen and oxygen atoms in total. The van der Waals surface area contributed by atoms with E-state index >= 15 is 0 Å². The number of hydrogen-bond acceptors (Lipinski definition) is 3. The summed E-state index contributed by atoms with van der Waals surface area (Å²) in [6.07, 6.45) is 0. The van der Waals surface area contributed by atoms with E-state index in [2.05, 4.69) is 30.5 Å². The van der Waals surface area contributed by atoms with E-state index in [4.69, 9.17) is 10.3 Å². The van der Waals surface area contributed by atoms with E-state index in [0.29, 0.717) is 0 Å². The fourth-order valence-corrected chi connectivity index (χ4v) is 2.15. The molecule has 0 saturated heterocycles. The van der Waals surface area contributed by atoms with Crippen LogP contribution >= 0.6 is 0 Å². The number of hydrogen-bond donors (Lipinski definition) is 2. The molecule has 1 heterocycles. The van der Waals surface area contributed by atoms with Crippen LogP contribution in [0.4, 0.5) is 0 Å². The van der Waals surface area contributed by atoms with Crippen LogP contribution in [-0.2, 0) is 0 Å². The van der Waals surface area contributed by atoms with E-state index in [1.807, 2.05) is 26.0 Å². The number of furan rings is 1. The monoisotopic (exact) mass is 230 g/mol. The van der Waals surface area contributed by atoms with Gasteiger partial charge in [0.2, 0.25) is 0 Å². The van der Waals surface area contributed by atoms with Crippen LogP contribution in [0.1, 0.15) is 34.3 Å². The maximum Gasteiger partial charge on any atom is 0.106 e.